The predicted molar refractivity (Wildman–Crippen MR) is 97.8 cm³/mol. The van der Waals surface area contributed by atoms with Gasteiger partial charge >= 0.3 is 0 Å². The lowest BCUT2D eigenvalue weighted by molar-refractivity contribution is -0.135. The molecule has 2 nitrogen and oxygen atoms in total. The zero-order valence-corrected chi connectivity index (χ0v) is 16.0. The third kappa shape index (κ3) is 2.34. The fraction of sp³-hybridized carbons (Fsp3) is 0.913. The highest BCUT2D eigenvalue weighted by molar-refractivity contribution is 5.92. The maximum Gasteiger partial charge on any atom is 0.139 e. The van der Waals surface area contributed by atoms with E-state index in [2.05, 4.69) is 13.8 Å². The van der Waals surface area contributed by atoms with Gasteiger partial charge in [0.2, 0.25) is 0 Å². The molecule has 0 bridgehead atoms. The average molecular weight is 343 g/mol. The molecule has 5 rings (SSSR count). The zero-order chi connectivity index (χ0) is 17.3. The van der Waals surface area contributed by atoms with Gasteiger partial charge in [-0.15, -0.1) is 0 Å². The summed E-state index contributed by atoms with van der Waals surface area (Å²) >= 11 is 0. The molecule has 138 valence electrons. The van der Waals surface area contributed by atoms with Crippen molar-refractivity contribution in [1.82, 2.24) is 0 Å². The van der Waals surface area contributed by atoms with Gasteiger partial charge in [0.05, 0.1) is 0 Å². The number of hydrogen-bond donors (Lipinski definition) is 0. The van der Waals surface area contributed by atoms with Crippen LogP contribution in [0.3, 0.4) is 0 Å². The van der Waals surface area contributed by atoms with Crippen molar-refractivity contribution >= 4 is 11.6 Å². The van der Waals surface area contributed by atoms with E-state index in [1.54, 1.807) is 0 Å². The normalized spacial score (nSPS) is 51.9. The first-order chi connectivity index (χ1) is 12.1. The second-order valence-electron chi connectivity index (χ2n) is 10.5. The smallest absolute Gasteiger partial charge is 0.139 e. The molecular weight excluding hydrogens is 308 g/mol. The van der Waals surface area contributed by atoms with Gasteiger partial charge in [0.1, 0.15) is 11.6 Å². The van der Waals surface area contributed by atoms with E-state index in [0.717, 1.165) is 30.6 Å². The first-order valence-corrected chi connectivity index (χ1v) is 11.1. The topological polar surface area (TPSA) is 34.1 Å². The monoisotopic (exact) mass is 342 g/mol. The van der Waals surface area contributed by atoms with Crippen LogP contribution >= 0.6 is 0 Å². The predicted octanol–water partition coefficient (Wildman–Crippen LogP) is 4.91. The van der Waals surface area contributed by atoms with Crippen LogP contribution in [0.5, 0.6) is 0 Å². The van der Waals surface area contributed by atoms with Crippen molar-refractivity contribution in [2.24, 2.45) is 59.2 Å². The van der Waals surface area contributed by atoms with E-state index in [-0.39, 0.29) is 11.8 Å². The maximum absolute atomic E-state index is 13.3. The van der Waals surface area contributed by atoms with Crippen molar-refractivity contribution in [3.8, 4) is 0 Å². The average Bonchev–Trinajstić information content (AvgIpc) is 3.11. The molecular formula is C23H34O2. The summed E-state index contributed by atoms with van der Waals surface area (Å²) in [6.07, 6.45) is 10.7. The minimum atomic E-state index is 0.247. The Bertz CT molecular complexity index is 579. The number of fused-ring (bicyclic) bond motifs is 7. The van der Waals surface area contributed by atoms with Crippen LogP contribution in [-0.4, -0.2) is 11.6 Å². The molecule has 25 heavy (non-hydrogen) atoms. The lowest BCUT2D eigenvalue weighted by atomic mass is 9.62. The van der Waals surface area contributed by atoms with Gasteiger partial charge in [-0.1, -0.05) is 26.7 Å². The van der Waals surface area contributed by atoms with Crippen LogP contribution in [-0.2, 0) is 9.59 Å². The lowest BCUT2D eigenvalue weighted by Crippen LogP contribution is -2.42. The van der Waals surface area contributed by atoms with Crippen LogP contribution in [0.15, 0.2) is 0 Å². The van der Waals surface area contributed by atoms with Crippen LogP contribution in [0, 0.1) is 59.2 Å². The summed E-state index contributed by atoms with van der Waals surface area (Å²) in [4.78, 5) is 26.5. The van der Waals surface area contributed by atoms with Gasteiger partial charge in [-0.05, 0) is 80.0 Å². The highest BCUT2D eigenvalue weighted by Gasteiger charge is 2.62. The minimum Gasteiger partial charge on any atom is -0.299 e. The van der Waals surface area contributed by atoms with Crippen LogP contribution < -0.4 is 0 Å². The quantitative estimate of drug-likeness (QED) is 0.679. The summed E-state index contributed by atoms with van der Waals surface area (Å²) in [5.74, 6) is 6.27. The lowest BCUT2D eigenvalue weighted by Gasteiger charge is -2.40. The molecule has 0 N–H and O–H groups in total. The summed E-state index contributed by atoms with van der Waals surface area (Å²) in [7, 11) is 0. The molecule has 2 heteroatoms. The molecule has 5 aliphatic rings. The first kappa shape index (κ1) is 16.5. The maximum atomic E-state index is 13.3. The third-order valence-corrected chi connectivity index (χ3v) is 9.32. The SMILES string of the molecule is CC(C)C1CCC2CC3C(C(=O)CC4C5CCCCC5C(=O)C43)C2C1. The van der Waals surface area contributed by atoms with Crippen LogP contribution in [0.2, 0.25) is 0 Å². The summed E-state index contributed by atoms with van der Waals surface area (Å²) in [5.41, 5.74) is 0. The van der Waals surface area contributed by atoms with Gasteiger partial charge in [0, 0.05) is 24.2 Å². The molecule has 5 aliphatic carbocycles. The summed E-state index contributed by atoms with van der Waals surface area (Å²) in [6, 6.07) is 0. The van der Waals surface area contributed by atoms with E-state index >= 15 is 0 Å². The van der Waals surface area contributed by atoms with E-state index < -0.39 is 0 Å². The highest BCUT2D eigenvalue weighted by Crippen LogP contribution is 2.62. The van der Waals surface area contributed by atoms with Gasteiger partial charge in [-0.2, -0.15) is 0 Å². The standard InChI is InChI=1S/C23H34O2/c1-12(2)13-7-8-14-10-19-21(17(14)9-13)20(24)11-18-15-5-3-4-6-16(15)23(25)22(18)19/h12-19,21-22H,3-11H2,1-2H3. The van der Waals surface area contributed by atoms with Crippen LogP contribution in [0.25, 0.3) is 0 Å². The Labute approximate surface area is 152 Å². The van der Waals surface area contributed by atoms with E-state index in [4.69, 9.17) is 0 Å². The minimum absolute atomic E-state index is 0.247. The molecule has 9 atom stereocenters. The number of Topliss-reactive ketones (excluding diaryl/α,β-unsaturated/α-hetero) is 2. The second kappa shape index (κ2) is 5.92. The van der Waals surface area contributed by atoms with Crippen molar-refractivity contribution in [3.63, 3.8) is 0 Å². The number of ketones is 2. The van der Waals surface area contributed by atoms with Gasteiger partial charge in [-0.3, -0.25) is 9.59 Å². The van der Waals surface area contributed by atoms with Crippen LogP contribution in [0.4, 0.5) is 0 Å². The third-order valence-electron chi connectivity index (χ3n) is 9.32. The number of carbonyl (C=O) groups is 2. The van der Waals surface area contributed by atoms with E-state index in [1.807, 2.05) is 0 Å². The Morgan fingerprint density at radius 1 is 0.800 bits per heavy atom. The molecule has 0 aromatic heterocycles. The van der Waals surface area contributed by atoms with E-state index in [9.17, 15) is 9.59 Å². The van der Waals surface area contributed by atoms with Gasteiger partial charge in [-0.25, -0.2) is 0 Å². The zero-order valence-electron chi connectivity index (χ0n) is 16.0. The summed E-state index contributed by atoms with van der Waals surface area (Å²) in [5, 5.41) is 0. The molecule has 0 spiro atoms. The second-order valence-corrected chi connectivity index (χ2v) is 10.5. The van der Waals surface area contributed by atoms with E-state index in [1.165, 1.54) is 44.9 Å². The Morgan fingerprint density at radius 3 is 2.40 bits per heavy atom. The van der Waals surface area contributed by atoms with Gasteiger partial charge in [0.25, 0.3) is 0 Å². The molecule has 0 radical (unpaired) electrons. The van der Waals surface area contributed by atoms with Gasteiger partial charge < -0.3 is 0 Å². The summed E-state index contributed by atoms with van der Waals surface area (Å²) in [6.45, 7) is 4.70. The van der Waals surface area contributed by atoms with Crippen LogP contribution in [0.1, 0.15) is 71.6 Å². The Hall–Kier alpha value is -0.660. The highest BCUT2D eigenvalue weighted by atomic mass is 16.1. The van der Waals surface area contributed by atoms with Crippen molar-refractivity contribution in [2.45, 2.75) is 71.6 Å². The fourth-order valence-corrected chi connectivity index (χ4v) is 8.23. The molecule has 0 heterocycles. The Kier molecular flexibility index (Phi) is 3.91. The number of hydrogen-bond acceptors (Lipinski definition) is 2. The molecule has 0 amide bonds. The largest absolute Gasteiger partial charge is 0.299 e. The molecule has 0 aromatic rings. The molecule has 0 aromatic carbocycles. The Morgan fingerprint density at radius 2 is 1.60 bits per heavy atom. The van der Waals surface area contributed by atoms with E-state index in [0.29, 0.717) is 41.2 Å². The van der Waals surface area contributed by atoms with Crippen molar-refractivity contribution in [2.75, 3.05) is 0 Å². The van der Waals surface area contributed by atoms with Crippen molar-refractivity contribution < 1.29 is 9.59 Å². The van der Waals surface area contributed by atoms with Crippen molar-refractivity contribution in [3.05, 3.63) is 0 Å². The summed E-state index contributed by atoms with van der Waals surface area (Å²) < 4.78 is 0. The molecule has 0 saturated heterocycles. The number of carbonyl (C=O) groups excluding carboxylic acids is 2. The van der Waals surface area contributed by atoms with Crippen molar-refractivity contribution in [1.29, 1.82) is 0 Å². The molecule has 5 fully saturated rings. The molecule has 5 saturated carbocycles. The molecule has 0 aliphatic heterocycles. The number of rotatable bonds is 1. The molecule has 9 unspecified atom stereocenters. The van der Waals surface area contributed by atoms with Gasteiger partial charge in [0.15, 0.2) is 0 Å². The fourth-order valence-electron chi connectivity index (χ4n) is 8.23. The Balaban J connectivity index is 1.44. The first-order valence-electron chi connectivity index (χ1n) is 11.1.